The van der Waals surface area contributed by atoms with E-state index in [0.29, 0.717) is 0 Å². The standard InChI is InChI=1S/C17H27NS/c1-2-11-18-17(13-6-3-4-7-13)15-8-5-9-16-14(15)10-12-19-16/h10,12-13,15,17-18H,2-9,11H2,1H3. The lowest BCUT2D eigenvalue weighted by atomic mass is 9.77. The van der Waals surface area contributed by atoms with Crippen molar-refractivity contribution in [1.82, 2.24) is 5.32 Å². The van der Waals surface area contributed by atoms with Crippen molar-refractivity contribution in [3.8, 4) is 0 Å². The average Bonchev–Trinajstić information content (AvgIpc) is 3.10. The van der Waals surface area contributed by atoms with Gasteiger partial charge in [0.15, 0.2) is 0 Å². The van der Waals surface area contributed by atoms with E-state index < -0.39 is 0 Å². The third-order valence-electron chi connectivity index (χ3n) is 5.07. The highest BCUT2D eigenvalue weighted by Crippen LogP contribution is 2.42. The summed E-state index contributed by atoms with van der Waals surface area (Å²) in [5.41, 5.74) is 1.69. The molecule has 2 atom stereocenters. The Kier molecular flexibility index (Phi) is 4.60. The molecule has 1 fully saturated rings. The number of rotatable bonds is 5. The zero-order valence-corrected chi connectivity index (χ0v) is 13.0. The fourth-order valence-corrected chi connectivity index (χ4v) is 5.16. The van der Waals surface area contributed by atoms with Gasteiger partial charge < -0.3 is 5.32 Å². The van der Waals surface area contributed by atoms with Gasteiger partial charge in [0.1, 0.15) is 0 Å². The Morgan fingerprint density at radius 3 is 2.89 bits per heavy atom. The minimum atomic E-state index is 0.746. The molecule has 0 aromatic carbocycles. The van der Waals surface area contributed by atoms with Crippen molar-refractivity contribution in [3.05, 3.63) is 21.9 Å². The van der Waals surface area contributed by atoms with Crippen LogP contribution in [0.2, 0.25) is 0 Å². The van der Waals surface area contributed by atoms with Crippen molar-refractivity contribution in [2.75, 3.05) is 6.54 Å². The Bertz CT molecular complexity index is 392. The summed E-state index contributed by atoms with van der Waals surface area (Å²) in [6, 6.07) is 3.16. The van der Waals surface area contributed by atoms with E-state index in [1.54, 1.807) is 10.4 Å². The third kappa shape index (κ3) is 2.90. The second-order valence-electron chi connectivity index (χ2n) is 6.32. The monoisotopic (exact) mass is 277 g/mol. The van der Waals surface area contributed by atoms with E-state index in [2.05, 4.69) is 23.7 Å². The summed E-state index contributed by atoms with van der Waals surface area (Å²) < 4.78 is 0. The first kappa shape index (κ1) is 13.6. The van der Waals surface area contributed by atoms with Crippen LogP contribution in [0.4, 0.5) is 0 Å². The van der Waals surface area contributed by atoms with Crippen molar-refractivity contribution in [1.29, 1.82) is 0 Å². The Hall–Kier alpha value is -0.340. The SMILES string of the molecule is CCCNC(C1CCCC1)C1CCCc2sccc21. The molecule has 2 heteroatoms. The van der Waals surface area contributed by atoms with Crippen LogP contribution in [0.1, 0.15) is 68.2 Å². The average molecular weight is 277 g/mol. The second kappa shape index (κ2) is 6.41. The van der Waals surface area contributed by atoms with Crippen molar-refractivity contribution in [2.24, 2.45) is 5.92 Å². The van der Waals surface area contributed by atoms with E-state index in [0.717, 1.165) is 17.9 Å². The molecule has 0 amide bonds. The molecule has 0 spiro atoms. The Morgan fingerprint density at radius 2 is 2.11 bits per heavy atom. The maximum atomic E-state index is 3.92. The van der Waals surface area contributed by atoms with Crippen LogP contribution in [0.15, 0.2) is 11.4 Å². The first-order valence-electron chi connectivity index (χ1n) is 8.19. The highest BCUT2D eigenvalue weighted by molar-refractivity contribution is 7.10. The quantitative estimate of drug-likeness (QED) is 0.820. The Labute approximate surface area is 121 Å². The first-order valence-corrected chi connectivity index (χ1v) is 9.07. The summed E-state index contributed by atoms with van der Waals surface area (Å²) in [4.78, 5) is 1.68. The molecule has 1 aromatic heterocycles. The molecule has 1 saturated carbocycles. The van der Waals surface area contributed by atoms with Gasteiger partial charge in [-0.25, -0.2) is 0 Å². The number of aryl methyl sites for hydroxylation is 1. The molecule has 106 valence electrons. The number of fused-ring (bicyclic) bond motifs is 1. The molecular weight excluding hydrogens is 250 g/mol. The lowest BCUT2D eigenvalue weighted by molar-refractivity contribution is 0.291. The van der Waals surface area contributed by atoms with E-state index >= 15 is 0 Å². The molecule has 1 nitrogen and oxygen atoms in total. The zero-order valence-electron chi connectivity index (χ0n) is 12.2. The molecule has 19 heavy (non-hydrogen) atoms. The predicted molar refractivity (Wildman–Crippen MR) is 84.0 cm³/mol. The van der Waals surface area contributed by atoms with Gasteiger partial charge in [0.2, 0.25) is 0 Å². The lowest BCUT2D eigenvalue weighted by Gasteiger charge is -2.35. The molecule has 1 heterocycles. The summed E-state index contributed by atoms with van der Waals surface area (Å²) in [5.74, 6) is 1.73. The molecular formula is C17H27NS. The van der Waals surface area contributed by atoms with E-state index in [1.807, 2.05) is 11.3 Å². The molecule has 0 radical (unpaired) electrons. The topological polar surface area (TPSA) is 12.0 Å². The number of hydrogen-bond acceptors (Lipinski definition) is 2. The van der Waals surface area contributed by atoms with Crippen LogP contribution in [0.5, 0.6) is 0 Å². The third-order valence-corrected chi connectivity index (χ3v) is 6.07. The van der Waals surface area contributed by atoms with E-state index in [-0.39, 0.29) is 0 Å². The van der Waals surface area contributed by atoms with Gasteiger partial charge in [-0.15, -0.1) is 11.3 Å². The largest absolute Gasteiger partial charge is 0.313 e. The van der Waals surface area contributed by atoms with Crippen LogP contribution in [0.25, 0.3) is 0 Å². The lowest BCUT2D eigenvalue weighted by Crippen LogP contribution is -2.41. The summed E-state index contributed by atoms with van der Waals surface area (Å²) >= 11 is 1.99. The van der Waals surface area contributed by atoms with Crippen molar-refractivity contribution in [3.63, 3.8) is 0 Å². The Balaban J connectivity index is 1.79. The summed E-state index contributed by atoms with van der Waals surface area (Å²) in [6.45, 7) is 3.48. The first-order chi connectivity index (χ1) is 9.40. The molecule has 1 aromatic rings. The highest BCUT2D eigenvalue weighted by atomic mass is 32.1. The summed E-state index contributed by atoms with van der Waals surface area (Å²) in [7, 11) is 0. The highest BCUT2D eigenvalue weighted by Gasteiger charge is 2.34. The van der Waals surface area contributed by atoms with E-state index in [1.165, 1.54) is 57.9 Å². The number of nitrogens with one attached hydrogen (secondary N) is 1. The fourth-order valence-electron chi connectivity index (χ4n) is 4.16. The number of hydrogen-bond donors (Lipinski definition) is 1. The zero-order chi connectivity index (χ0) is 13.1. The smallest absolute Gasteiger partial charge is 0.0164 e. The molecule has 0 saturated heterocycles. The maximum Gasteiger partial charge on any atom is 0.0164 e. The van der Waals surface area contributed by atoms with Crippen LogP contribution >= 0.6 is 11.3 Å². The van der Waals surface area contributed by atoms with Crippen LogP contribution < -0.4 is 5.32 Å². The molecule has 0 bridgehead atoms. The van der Waals surface area contributed by atoms with E-state index in [9.17, 15) is 0 Å². The maximum absolute atomic E-state index is 3.92. The van der Waals surface area contributed by atoms with Crippen LogP contribution in [0, 0.1) is 5.92 Å². The van der Waals surface area contributed by atoms with Gasteiger partial charge >= 0.3 is 0 Å². The Morgan fingerprint density at radius 1 is 1.26 bits per heavy atom. The molecule has 2 unspecified atom stereocenters. The summed E-state index contributed by atoms with van der Waals surface area (Å²) in [6.07, 6.45) is 11.2. The minimum Gasteiger partial charge on any atom is -0.313 e. The second-order valence-corrected chi connectivity index (χ2v) is 7.32. The van der Waals surface area contributed by atoms with Crippen molar-refractivity contribution < 1.29 is 0 Å². The fraction of sp³-hybridized carbons (Fsp3) is 0.765. The molecule has 2 aliphatic rings. The molecule has 0 aliphatic heterocycles. The van der Waals surface area contributed by atoms with Crippen molar-refractivity contribution >= 4 is 11.3 Å². The van der Waals surface area contributed by atoms with Crippen molar-refractivity contribution in [2.45, 2.75) is 70.3 Å². The predicted octanol–water partition coefficient (Wildman–Crippen LogP) is 4.73. The van der Waals surface area contributed by atoms with Gasteiger partial charge in [-0.05, 0) is 68.0 Å². The van der Waals surface area contributed by atoms with Gasteiger partial charge in [0.05, 0.1) is 0 Å². The molecule has 2 aliphatic carbocycles. The van der Waals surface area contributed by atoms with Gasteiger partial charge in [-0.3, -0.25) is 0 Å². The minimum absolute atomic E-state index is 0.746. The van der Waals surface area contributed by atoms with Gasteiger partial charge in [0, 0.05) is 16.8 Å². The van der Waals surface area contributed by atoms with Crippen LogP contribution in [-0.2, 0) is 6.42 Å². The van der Waals surface area contributed by atoms with Crippen LogP contribution in [-0.4, -0.2) is 12.6 Å². The molecule has 3 rings (SSSR count). The number of thiophene rings is 1. The summed E-state index contributed by atoms with van der Waals surface area (Å²) in [5, 5.41) is 6.23. The van der Waals surface area contributed by atoms with Gasteiger partial charge in [0.25, 0.3) is 0 Å². The molecule has 1 N–H and O–H groups in total. The van der Waals surface area contributed by atoms with Crippen LogP contribution in [0.3, 0.4) is 0 Å². The van der Waals surface area contributed by atoms with Gasteiger partial charge in [-0.1, -0.05) is 19.8 Å². The van der Waals surface area contributed by atoms with E-state index in [4.69, 9.17) is 0 Å². The van der Waals surface area contributed by atoms with Gasteiger partial charge in [-0.2, -0.15) is 0 Å². The normalized spacial score (nSPS) is 25.4.